The maximum atomic E-state index is 11.4. The lowest BCUT2D eigenvalue weighted by molar-refractivity contribution is -0.120. The van der Waals surface area contributed by atoms with Gasteiger partial charge in [-0.05, 0) is 12.3 Å². The molecule has 0 aromatic heterocycles. The number of aliphatic hydroxyl groups excluding tert-OH is 1. The molecule has 16 heavy (non-hydrogen) atoms. The Labute approximate surface area is 98.8 Å². The maximum Gasteiger partial charge on any atom is 0.233 e. The molecule has 4 nitrogen and oxygen atoms in total. The van der Waals surface area contributed by atoms with E-state index in [1.54, 1.807) is 0 Å². The molecule has 0 aliphatic heterocycles. The summed E-state index contributed by atoms with van der Waals surface area (Å²) < 4.78 is 0. The van der Waals surface area contributed by atoms with Gasteiger partial charge in [0.1, 0.15) is 0 Å². The highest BCUT2D eigenvalue weighted by Crippen LogP contribution is 2.17. The summed E-state index contributed by atoms with van der Waals surface area (Å²) in [5.74, 6) is 0.493. The van der Waals surface area contributed by atoms with E-state index in [1.165, 1.54) is 0 Å². The van der Waals surface area contributed by atoms with E-state index < -0.39 is 0 Å². The molecule has 0 aliphatic carbocycles. The molecule has 0 aromatic carbocycles. The van der Waals surface area contributed by atoms with Gasteiger partial charge in [0, 0.05) is 25.1 Å². The fraction of sp³-hybridized carbons (Fsp3) is 0.917. The van der Waals surface area contributed by atoms with Crippen molar-refractivity contribution in [2.45, 2.75) is 34.1 Å². The van der Waals surface area contributed by atoms with Crippen LogP contribution in [0.2, 0.25) is 0 Å². The zero-order valence-electron chi connectivity index (χ0n) is 11.0. The van der Waals surface area contributed by atoms with E-state index in [1.807, 2.05) is 13.8 Å². The van der Waals surface area contributed by atoms with E-state index in [0.29, 0.717) is 25.6 Å². The fourth-order valence-corrected chi connectivity index (χ4v) is 1.15. The highest BCUT2D eigenvalue weighted by atomic mass is 16.3. The van der Waals surface area contributed by atoms with E-state index in [-0.39, 0.29) is 17.9 Å². The van der Waals surface area contributed by atoms with Crippen LogP contribution >= 0.6 is 0 Å². The Bertz CT molecular complexity index is 201. The largest absolute Gasteiger partial charge is 0.396 e. The first kappa shape index (κ1) is 15.4. The molecule has 3 N–H and O–H groups in total. The van der Waals surface area contributed by atoms with E-state index in [0.717, 1.165) is 6.42 Å². The molecule has 0 bridgehead atoms. The number of carbonyl (C=O) groups excluding carboxylic acids is 1. The Morgan fingerprint density at radius 2 is 2.06 bits per heavy atom. The number of nitrogens with one attached hydrogen (secondary N) is 2. The minimum absolute atomic E-state index is 0.0186. The number of hydrogen-bond donors (Lipinski definition) is 3. The fourth-order valence-electron chi connectivity index (χ4n) is 1.15. The molecule has 0 saturated carbocycles. The van der Waals surface area contributed by atoms with Gasteiger partial charge < -0.3 is 15.7 Å². The number of aliphatic hydroxyl groups is 1. The van der Waals surface area contributed by atoms with Crippen molar-refractivity contribution in [1.82, 2.24) is 10.6 Å². The third-order valence-corrected chi connectivity index (χ3v) is 2.78. The van der Waals surface area contributed by atoms with Crippen molar-refractivity contribution in [2.24, 2.45) is 11.3 Å². The van der Waals surface area contributed by atoms with Crippen LogP contribution in [0.15, 0.2) is 0 Å². The molecule has 0 radical (unpaired) electrons. The first-order valence-electron chi connectivity index (χ1n) is 6.02. The topological polar surface area (TPSA) is 61.4 Å². The summed E-state index contributed by atoms with van der Waals surface area (Å²) >= 11 is 0. The van der Waals surface area contributed by atoms with Crippen molar-refractivity contribution in [3.63, 3.8) is 0 Å². The third kappa shape index (κ3) is 6.80. The van der Waals surface area contributed by atoms with Gasteiger partial charge in [0.15, 0.2) is 0 Å². The van der Waals surface area contributed by atoms with E-state index in [2.05, 4.69) is 24.5 Å². The SMILES string of the molecule is CCC(C)(CO)CNCC(=O)NCC(C)C. The lowest BCUT2D eigenvalue weighted by Crippen LogP contribution is -2.41. The van der Waals surface area contributed by atoms with Gasteiger partial charge in [-0.15, -0.1) is 0 Å². The monoisotopic (exact) mass is 230 g/mol. The molecule has 0 rings (SSSR count). The van der Waals surface area contributed by atoms with Gasteiger partial charge in [-0.3, -0.25) is 4.79 Å². The quantitative estimate of drug-likeness (QED) is 0.577. The molecule has 0 heterocycles. The van der Waals surface area contributed by atoms with Gasteiger partial charge in [-0.2, -0.15) is 0 Å². The molecule has 0 aliphatic rings. The van der Waals surface area contributed by atoms with Crippen LogP contribution < -0.4 is 10.6 Å². The Morgan fingerprint density at radius 1 is 1.44 bits per heavy atom. The number of hydrogen-bond acceptors (Lipinski definition) is 3. The molecule has 0 fully saturated rings. The molecular weight excluding hydrogens is 204 g/mol. The normalized spacial score (nSPS) is 14.9. The number of amides is 1. The van der Waals surface area contributed by atoms with Crippen LogP contribution in [0.1, 0.15) is 34.1 Å². The van der Waals surface area contributed by atoms with Crippen molar-refractivity contribution in [3.05, 3.63) is 0 Å². The molecular formula is C12H26N2O2. The zero-order valence-corrected chi connectivity index (χ0v) is 11.0. The van der Waals surface area contributed by atoms with Crippen LogP contribution in [-0.4, -0.2) is 37.3 Å². The summed E-state index contributed by atoms with van der Waals surface area (Å²) in [6, 6.07) is 0. The van der Waals surface area contributed by atoms with E-state index in [9.17, 15) is 9.90 Å². The van der Waals surface area contributed by atoms with Crippen LogP contribution in [-0.2, 0) is 4.79 Å². The number of rotatable bonds is 8. The standard InChI is InChI=1S/C12H26N2O2/c1-5-12(4,9-15)8-13-7-11(16)14-6-10(2)3/h10,13,15H,5-9H2,1-4H3,(H,14,16). The van der Waals surface area contributed by atoms with Crippen LogP contribution in [0.3, 0.4) is 0 Å². The van der Waals surface area contributed by atoms with Crippen molar-refractivity contribution in [2.75, 3.05) is 26.2 Å². The molecule has 1 atom stereocenters. The van der Waals surface area contributed by atoms with Gasteiger partial charge >= 0.3 is 0 Å². The Morgan fingerprint density at radius 3 is 2.50 bits per heavy atom. The first-order chi connectivity index (χ1) is 7.43. The van der Waals surface area contributed by atoms with Crippen LogP contribution in [0.25, 0.3) is 0 Å². The second-order valence-corrected chi connectivity index (χ2v) is 5.12. The molecule has 0 aromatic rings. The molecule has 1 unspecified atom stereocenters. The summed E-state index contributed by atoms with van der Waals surface area (Å²) in [6.07, 6.45) is 0.893. The smallest absolute Gasteiger partial charge is 0.233 e. The molecule has 1 amide bonds. The second kappa shape index (κ2) is 7.63. The Hall–Kier alpha value is -0.610. The summed E-state index contributed by atoms with van der Waals surface area (Å²) in [4.78, 5) is 11.4. The Kier molecular flexibility index (Phi) is 7.34. The minimum Gasteiger partial charge on any atom is -0.396 e. The molecule has 0 saturated heterocycles. The maximum absolute atomic E-state index is 11.4. The average molecular weight is 230 g/mol. The first-order valence-corrected chi connectivity index (χ1v) is 6.02. The number of carbonyl (C=O) groups is 1. The average Bonchev–Trinajstić information content (AvgIpc) is 2.26. The summed E-state index contributed by atoms with van der Waals surface area (Å²) in [6.45, 7) is 10.0. The van der Waals surface area contributed by atoms with Crippen LogP contribution in [0.4, 0.5) is 0 Å². The van der Waals surface area contributed by atoms with Crippen molar-refractivity contribution < 1.29 is 9.90 Å². The highest BCUT2D eigenvalue weighted by molar-refractivity contribution is 5.77. The van der Waals surface area contributed by atoms with Crippen molar-refractivity contribution in [3.8, 4) is 0 Å². The van der Waals surface area contributed by atoms with Crippen molar-refractivity contribution in [1.29, 1.82) is 0 Å². The van der Waals surface area contributed by atoms with Crippen LogP contribution in [0.5, 0.6) is 0 Å². The Balaban J connectivity index is 3.69. The van der Waals surface area contributed by atoms with Gasteiger partial charge in [-0.1, -0.05) is 27.7 Å². The zero-order chi connectivity index (χ0) is 12.6. The third-order valence-electron chi connectivity index (χ3n) is 2.78. The predicted molar refractivity (Wildman–Crippen MR) is 66.2 cm³/mol. The predicted octanol–water partition coefficient (Wildman–Crippen LogP) is 0.757. The van der Waals surface area contributed by atoms with Gasteiger partial charge in [0.25, 0.3) is 0 Å². The second-order valence-electron chi connectivity index (χ2n) is 5.12. The summed E-state index contributed by atoms with van der Waals surface area (Å²) in [5, 5.41) is 15.1. The van der Waals surface area contributed by atoms with Gasteiger partial charge in [0.05, 0.1) is 6.54 Å². The lowest BCUT2D eigenvalue weighted by atomic mass is 9.89. The van der Waals surface area contributed by atoms with Crippen molar-refractivity contribution >= 4 is 5.91 Å². The van der Waals surface area contributed by atoms with Gasteiger partial charge in [-0.25, -0.2) is 0 Å². The minimum atomic E-state index is -0.127. The molecule has 96 valence electrons. The molecule has 0 spiro atoms. The van der Waals surface area contributed by atoms with Crippen LogP contribution in [0, 0.1) is 11.3 Å². The lowest BCUT2D eigenvalue weighted by Gasteiger charge is -2.25. The van der Waals surface area contributed by atoms with E-state index in [4.69, 9.17) is 0 Å². The molecule has 4 heteroatoms. The summed E-state index contributed by atoms with van der Waals surface area (Å²) in [7, 11) is 0. The van der Waals surface area contributed by atoms with E-state index >= 15 is 0 Å². The highest BCUT2D eigenvalue weighted by Gasteiger charge is 2.20. The summed E-state index contributed by atoms with van der Waals surface area (Å²) in [5.41, 5.74) is -0.127. The van der Waals surface area contributed by atoms with Gasteiger partial charge in [0.2, 0.25) is 5.91 Å².